The average Bonchev–Trinajstić information content (AvgIpc) is 3.28. The van der Waals surface area contributed by atoms with Crippen LogP contribution in [0.5, 0.6) is 11.5 Å². The Kier molecular flexibility index (Phi) is 4.94. The lowest BCUT2D eigenvalue weighted by atomic mass is 10.2. The Morgan fingerprint density at radius 1 is 1.23 bits per heavy atom. The van der Waals surface area contributed by atoms with E-state index in [-0.39, 0.29) is 18.7 Å². The molecule has 0 saturated carbocycles. The lowest BCUT2D eigenvalue weighted by Gasteiger charge is -2.27. The number of aromatic nitrogens is 1. The molecule has 26 heavy (non-hydrogen) atoms. The molecule has 0 aliphatic carbocycles. The number of fused-ring (bicyclic) bond motifs is 1. The topological polar surface area (TPSA) is 66.9 Å². The molecule has 0 spiro atoms. The van der Waals surface area contributed by atoms with Crippen molar-refractivity contribution < 1.29 is 14.3 Å². The van der Waals surface area contributed by atoms with Gasteiger partial charge in [0.05, 0.1) is 6.04 Å². The highest BCUT2D eigenvalue weighted by Crippen LogP contribution is 2.34. The summed E-state index contributed by atoms with van der Waals surface area (Å²) in [6, 6.07) is 5.27. The summed E-state index contributed by atoms with van der Waals surface area (Å²) in [4.78, 5) is 21.6. The predicted octanol–water partition coefficient (Wildman–Crippen LogP) is 2.41. The Bertz CT molecular complexity index is 768. The van der Waals surface area contributed by atoms with E-state index in [4.69, 9.17) is 9.47 Å². The van der Waals surface area contributed by atoms with E-state index in [9.17, 15) is 4.79 Å². The number of rotatable bonds is 4. The molecule has 138 valence electrons. The molecule has 1 aromatic carbocycles. The van der Waals surface area contributed by atoms with E-state index >= 15 is 0 Å². The number of carbonyl (C=O) groups excluding carboxylic acids is 1. The molecule has 2 aliphatic rings. The van der Waals surface area contributed by atoms with Crippen LogP contribution in [-0.4, -0.2) is 54.8 Å². The fourth-order valence-corrected chi connectivity index (χ4v) is 3.97. The Hall–Kier alpha value is -2.32. The minimum atomic E-state index is -0.198. The van der Waals surface area contributed by atoms with E-state index < -0.39 is 0 Å². The highest BCUT2D eigenvalue weighted by molar-refractivity contribution is 7.13. The van der Waals surface area contributed by atoms with Crippen LogP contribution in [-0.2, 0) is 4.79 Å². The Balaban J connectivity index is 1.36. The summed E-state index contributed by atoms with van der Waals surface area (Å²) in [5, 5.41) is 6.05. The van der Waals surface area contributed by atoms with Gasteiger partial charge in [0.2, 0.25) is 12.7 Å². The number of benzene rings is 1. The lowest BCUT2D eigenvalue weighted by molar-refractivity contribution is -0.120. The van der Waals surface area contributed by atoms with Crippen molar-refractivity contribution in [3.63, 3.8) is 0 Å². The Morgan fingerprint density at radius 3 is 2.96 bits per heavy atom. The number of thiazole rings is 1. The van der Waals surface area contributed by atoms with Crippen molar-refractivity contribution in [1.82, 2.24) is 9.88 Å². The highest BCUT2D eigenvalue weighted by atomic mass is 32.1. The molecule has 1 aromatic heterocycles. The van der Waals surface area contributed by atoms with Crippen LogP contribution >= 0.6 is 11.3 Å². The van der Waals surface area contributed by atoms with Gasteiger partial charge in [0.25, 0.3) is 0 Å². The van der Waals surface area contributed by atoms with Gasteiger partial charge in [-0.25, -0.2) is 4.98 Å². The molecule has 1 unspecified atom stereocenters. The predicted molar refractivity (Wildman–Crippen MR) is 101 cm³/mol. The van der Waals surface area contributed by atoms with Crippen molar-refractivity contribution >= 4 is 28.1 Å². The van der Waals surface area contributed by atoms with Gasteiger partial charge in [-0.1, -0.05) is 0 Å². The molecular formula is C18H22N4O3S. The first-order chi connectivity index (χ1) is 12.7. The van der Waals surface area contributed by atoms with Crippen LogP contribution in [0.25, 0.3) is 0 Å². The highest BCUT2D eigenvalue weighted by Gasteiger charge is 2.25. The zero-order valence-corrected chi connectivity index (χ0v) is 15.5. The molecule has 1 amide bonds. The van der Waals surface area contributed by atoms with Gasteiger partial charge in [-0.3, -0.25) is 9.69 Å². The molecule has 4 rings (SSSR count). The SMILES string of the molecule is CC(C(=O)Nc1ccc2c(c1)OCO2)N1CCCN(c2nccs2)CC1. The summed E-state index contributed by atoms with van der Waals surface area (Å²) in [5.41, 5.74) is 0.727. The van der Waals surface area contributed by atoms with Crippen molar-refractivity contribution in [3.8, 4) is 11.5 Å². The fraction of sp³-hybridized carbons (Fsp3) is 0.444. The van der Waals surface area contributed by atoms with E-state index in [0.717, 1.165) is 43.4 Å². The number of hydrogen-bond donors (Lipinski definition) is 1. The molecule has 7 nitrogen and oxygen atoms in total. The van der Waals surface area contributed by atoms with Gasteiger partial charge < -0.3 is 19.7 Å². The summed E-state index contributed by atoms with van der Waals surface area (Å²) in [7, 11) is 0. The van der Waals surface area contributed by atoms with E-state index in [2.05, 4.69) is 20.1 Å². The number of ether oxygens (including phenoxy) is 2. The lowest BCUT2D eigenvalue weighted by Crippen LogP contribution is -2.43. The summed E-state index contributed by atoms with van der Waals surface area (Å²) in [6.45, 7) is 5.79. The van der Waals surface area contributed by atoms with Crippen LogP contribution in [0, 0.1) is 0 Å². The maximum atomic E-state index is 12.7. The molecule has 1 fully saturated rings. The van der Waals surface area contributed by atoms with Crippen LogP contribution < -0.4 is 19.7 Å². The van der Waals surface area contributed by atoms with Gasteiger partial charge in [-0.05, 0) is 25.5 Å². The minimum absolute atomic E-state index is 0.00781. The van der Waals surface area contributed by atoms with E-state index in [1.807, 2.05) is 30.6 Å². The van der Waals surface area contributed by atoms with Gasteiger partial charge in [0, 0.05) is 49.5 Å². The first kappa shape index (κ1) is 17.1. The smallest absolute Gasteiger partial charge is 0.241 e. The molecule has 1 atom stereocenters. The van der Waals surface area contributed by atoms with Gasteiger partial charge >= 0.3 is 0 Å². The second-order valence-corrected chi connectivity index (χ2v) is 7.30. The number of anilines is 2. The maximum Gasteiger partial charge on any atom is 0.241 e. The summed E-state index contributed by atoms with van der Waals surface area (Å²) >= 11 is 1.66. The quantitative estimate of drug-likeness (QED) is 0.887. The molecule has 2 aromatic rings. The third-order valence-corrected chi connectivity index (χ3v) is 5.62. The van der Waals surface area contributed by atoms with Crippen molar-refractivity contribution in [1.29, 1.82) is 0 Å². The van der Waals surface area contributed by atoms with Crippen molar-refractivity contribution in [2.45, 2.75) is 19.4 Å². The molecule has 1 saturated heterocycles. The summed E-state index contributed by atoms with van der Waals surface area (Å²) in [6.07, 6.45) is 2.85. The average molecular weight is 374 g/mol. The van der Waals surface area contributed by atoms with E-state index in [1.54, 1.807) is 17.4 Å². The van der Waals surface area contributed by atoms with Crippen LogP contribution in [0.2, 0.25) is 0 Å². The third-order valence-electron chi connectivity index (χ3n) is 4.79. The van der Waals surface area contributed by atoms with E-state index in [0.29, 0.717) is 11.5 Å². The number of amides is 1. The van der Waals surface area contributed by atoms with E-state index in [1.165, 1.54) is 0 Å². The van der Waals surface area contributed by atoms with Gasteiger partial charge in [0.1, 0.15) is 0 Å². The maximum absolute atomic E-state index is 12.7. The molecule has 3 heterocycles. The van der Waals surface area contributed by atoms with Crippen LogP contribution in [0.3, 0.4) is 0 Å². The zero-order chi connectivity index (χ0) is 17.9. The number of nitrogens with one attached hydrogen (secondary N) is 1. The Morgan fingerprint density at radius 2 is 2.12 bits per heavy atom. The van der Waals surface area contributed by atoms with Crippen LogP contribution in [0.15, 0.2) is 29.8 Å². The monoisotopic (exact) mass is 374 g/mol. The summed E-state index contributed by atoms with van der Waals surface area (Å²) < 4.78 is 10.7. The number of carbonyl (C=O) groups is 1. The second kappa shape index (κ2) is 7.51. The molecule has 8 heteroatoms. The number of nitrogens with zero attached hydrogens (tertiary/aromatic N) is 3. The third kappa shape index (κ3) is 3.61. The first-order valence-electron chi connectivity index (χ1n) is 8.80. The van der Waals surface area contributed by atoms with Gasteiger partial charge in [-0.15, -0.1) is 11.3 Å². The van der Waals surface area contributed by atoms with Crippen LogP contribution in [0.1, 0.15) is 13.3 Å². The van der Waals surface area contributed by atoms with Crippen molar-refractivity contribution in [2.24, 2.45) is 0 Å². The second-order valence-electron chi connectivity index (χ2n) is 6.42. The molecule has 0 bridgehead atoms. The normalized spacial score (nSPS) is 18.4. The van der Waals surface area contributed by atoms with Gasteiger partial charge in [0.15, 0.2) is 16.6 Å². The van der Waals surface area contributed by atoms with Crippen molar-refractivity contribution in [2.75, 3.05) is 43.2 Å². The molecule has 2 aliphatic heterocycles. The van der Waals surface area contributed by atoms with Crippen molar-refractivity contribution in [3.05, 3.63) is 29.8 Å². The zero-order valence-electron chi connectivity index (χ0n) is 14.7. The largest absolute Gasteiger partial charge is 0.454 e. The standard InChI is InChI=1S/C18H22N4O3S/c1-13(17(23)20-14-3-4-15-16(11-14)25-12-24-15)21-6-2-7-22(9-8-21)18-19-5-10-26-18/h3-5,10-11,13H,2,6-9,12H2,1H3,(H,20,23). The minimum Gasteiger partial charge on any atom is -0.454 e. The molecular weight excluding hydrogens is 352 g/mol. The Labute approximate surface area is 156 Å². The fourth-order valence-electron chi connectivity index (χ4n) is 3.27. The number of hydrogen-bond acceptors (Lipinski definition) is 7. The molecule has 0 radical (unpaired) electrons. The summed E-state index contributed by atoms with van der Waals surface area (Å²) in [5.74, 6) is 1.38. The van der Waals surface area contributed by atoms with Crippen LogP contribution in [0.4, 0.5) is 10.8 Å². The van der Waals surface area contributed by atoms with Gasteiger partial charge in [-0.2, -0.15) is 0 Å². The molecule has 1 N–H and O–H groups in total. The first-order valence-corrected chi connectivity index (χ1v) is 9.68.